The number of piperidine rings is 2. The van der Waals surface area contributed by atoms with Crippen molar-refractivity contribution in [3.8, 4) is 0 Å². The molecule has 1 aromatic carbocycles. The Morgan fingerprint density at radius 1 is 1.07 bits per heavy atom. The number of amides is 2. The van der Waals surface area contributed by atoms with Gasteiger partial charge in [0.1, 0.15) is 0 Å². The fraction of sp³-hybridized carbons (Fsp3) is 0.550. The molecule has 2 N–H and O–H groups in total. The Kier molecular flexibility index (Phi) is 5.29. The summed E-state index contributed by atoms with van der Waals surface area (Å²) in [5.74, 6) is 0.509. The Bertz CT molecular complexity index is 787. The van der Waals surface area contributed by atoms with Gasteiger partial charge in [-0.05, 0) is 43.7 Å². The van der Waals surface area contributed by atoms with Crippen LogP contribution in [0.25, 0.3) is 10.2 Å². The lowest BCUT2D eigenvalue weighted by Gasteiger charge is -2.37. The molecule has 27 heavy (non-hydrogen) atoms. The molecule has 7 heteroatoms. The lowest BCUT2D eigenvalue weighted by atomic mass is 9.90. The molecule has 0 unspecified atom stereocenters. The molecule has 6 nitrogen and oxygen atoms in total. The minimum absolute atomic E-state index is 0.114. The fourth-order valence-corrected chi connectivity index (χ4v) is 5.23. The number of hydrogen-bond donors (Lipinski definition) is 1. The van der Waals surface area contributed by atoms with Crippen LogP contribution >= 0.6 is 11.3 Å². The zero-order valence-electron chi connectivity index (χ0n) is 15.5. The van der Waals surface area contributed by atoms with E-state index in [0.717, 1.165) is 62.5 Å². The van der Waals surface area contributed by atoms with E-state index in [1.165, 1.54) is 4.70 Å². The average Bonchev–Trinajstić information content (AvgIpc) is 3.12. The van der Waals surface area contributed by atoms with Crippen LogP contribution in [0.3, 0.4) is 0 Å². The number of rotatable bonds is 4. The second kappa shape index (κ2) is 7.84. The molecule has 2 aromatic rings. The minimum atomic E-state index is -0.234. The molecule has 2 fully saturated rings. The first-order chi connectivity index (χ1) is 13.1. The van der Waals surface area contributed by atoms with Gasteiger partial charge in [0.2, 0.25) is 11.8 Å². The van der Waals surface area contributed by atoms with Gasteiger partial charge < -0.3 is 15.5 Å². The van der Waals surface area contributed by atoms with Gasteiger partial charge in [0, 0.05) is 38.5 Å². The second-order valence-corrected chi connectivity index (χ2v) is 8.67. The maximum Gasteiger partial charge on any atom is 0.225 e. The van der Waals surface area contributed by atoms with Crippen LogP contribution in [0.2, 0.25) is 0 Å². The number of benzene rings is 1. The van der Waals surface area contributed by atoms with Crippen LogP contribution in [-0.2, 0) is 9.59 Å². The lowest BCUT2D eigenvalue weighted by Crippen LogP contribution is -2.45. The number of carbonyl (C=O) groups excluding carboxylic acids is 2. The summed E-state index contributed by atoms with van der Waals surface area (Å²) in [6, 6.07) is 8.22. The molecule has 2 aliphatic rings. The Labute approximate surface area is 163 Å². The zero-order chi connectivity index (χ0) is 18.8. The molecule has 0 aliphatic carbocycles. The first-order valence-corrected chi connectivity index (χ1v) is 10.6. The molecule has 0 spiro atoms. The molecule has 2 aliphatic heterocycles. The normalized spacial score (nSPS) is 19.6. The summed E-state index contributed by atoms with van der Waals surface area (Å²) in [5, 5.41) is 1.06. The molecule has 2 amide bonds. The molecule has 144 valence electrons. The quantitative estimate of drug-likeness (QED) is 0.876. The highest BCUT2D eigenvalue weighted by atomic mass is 32.1. The average molecular weight is 387 g/mol. The zero-order valence-corrected chi connectivity index (χ0v) is 16.3. The van der Waals surface area contributed by atoms with Crippen molar-refractivity contribution in [1.29, 1.82) is 0 Å². The molecule has 0 atom stereocenters. The number of aromatic nitrogens is 1. The van der Waals surface area contributed by atoms with Gasteiger partial charge in [0.25, 0.3) is 0 Å². The summed E-state index contributed by atoms with van der Waals surface area (Å²) in [6.07, 6.45) is 3.99. The van der Waals surface area contributed by atoms with E-state index < -0.39 is 0 Å². The predicted molar refractivity (Wildman–Crippen MR) is 108 cm³/mol. The number of primary amides is 1. The molecule has 1 aromatic heterocycles. The monoisotopic (exact) mass is 386 g/mol. The minimum Gasteiger partial charge on any atom is -0.370 e. The van der Waals surface area contributed by atoms with Crippen LogP contribution in [0.4, 0.5) is 5.13 Å². The van der Waals surface area contributed by atoms with Crippen molar-refractivity contribution >= 4 is 38.5 Å². The van der Waals surface area contributed by atoms with Crippen molar-refractivity contribution in [2.75, 3.05) is 31.1 Å². The van der Waals surface area contributed by atoms with Crippen LogP contribution in [0.1, 0.15) is 32.1 Å². The van der Waals surface area contributed by atoms with Gasteiger partial charge in [-0.3, -0.25) is 9.59 Å². The van der Waals surface area contributed by atoms with Gasteiger partial charge in [-0.1, -0.05) is 23.5 Å². The van der Waals surface area contributed by atoms with Crippen LogP contribution in [-0.4, -0.2) is 47.9 Å². The maximum absolute atomic E-state index is 12.9. The van der Waals surface area contributed by atoms with Crippen molar-refractivity contribution in [3.05, 3.63) is 24.3 Å². The van der Waals surface area contributed by atoms with E-state index in [4.69, 9.17) is 10.7 Å². The summed E-state index contributed by atoms with van der Waals surface area (Å²) in [7, 11) is 0. The van der Waals surface area contributed by atoms with Gasteiger partial charge in [-0.15, -0.1) is 0 Å². The van der Waals surface area contributed by atoms with Crippen molar-refractivity contribution in [1.82, 2.24) is 9.88 Å². The van der Waals surface area contributed by atoms with E-state index in [2.05, 4.69) is 11.0 Å². The molecule has 0 radical (unpaired) electrons. The summed E-state index contributed by atoms with van der Waals surface area (Å²) in [5.41, 5.74) is 6.34. The summed E-state index contributed by atoms with van der Waals surface area (Å²) >= 11 is 1.73. The molecule has 2 saturated heterocycles. The third kappa shape index (κ3) is 4.08. The number of carbonyl (C=O) groups is 2. The lowest BCUT2D eigenvalue weighted by molar-refractivity contribution is -0.137. The largest absolute Gasteiger partial charge is 0.370 e. The Morgan fingerprint density at radius 2 is 1.78 bits per heavy atom. The van der Waals surface area contributed by atoms with E-state index >= 15 is 0 Å². The Hall–Kier alpha value is -2.15. The number of fused-ring (bicyclic) bond motifs is 1. The maximum atomic E-state index is 12.9. The van der Waals surface area contributed by atoms with Crippen molar-refractivity contribution in [3.63, 3.8) is 0 Å². The smallest absolute Gasteiger partial charge is 0.225 e. The molecule has 0 saturated carbocycles. The van der Waals surface area contributed by atoms with E-state index in [-0.39, 0.29) is 17.7 Å². The van der Waals surface area contributed by atoms with E-state index in [9.17, 15) is 9.59 Å². The first-order valence-electron chi connectivity index (χ1n) is 9.78. The molecule has 4 rings (SSSR count). The van der Waals surface area contributed by atoms with E-state index in [0.29, 0.717) is 12.3 Å². The molecule has 0 bridgehead atoms. The topological polar surface area (TPSA) is 79.5 Å². The van der Waals surface area contributed by atoms with Crippen LogP contribution in [0.15, 0.2) is 24.3 Å². The number of anilines is 1. The predicted octanol–water partition coefficient (Wildman–Crippen LogP) is 2.63. The number of nitrogens with two attached hydrogens (primary N) is 1. The molecular weight excluding hydrogens is 360 g/mol. The molecular formula is C20H26N4O2S. The van der Waals surface area contributed by atoms with E-state index in [1.807, 2.05) is 23.1 Å². The highest BCUT2D eigenvalue weighted by Crippen LogP contribution is 2.32. The number of thiazole rings is 1. The number of nitrogens with zero attached hydrogens (tertiary/aromatic N) is 3. The highest BCUT2D eigenvalue weighted by molar-refractivity contribution is 7.22. The number of likely N-dealkylation sites (tertiary alicyclic amines) is 1. The van der Waals surface area contributed by atoms with Crippen molar-refractivity contribution in [2.24, 2.45) is 17.6 Å². The summed E-state index contributed by atoms with van der Waals surface area (Å²) < 4.78 is 1.21. The highest BCUT2D eigenvalue weighted by Gasteiger charge is 2.31. The van der Waals surface area contributed by atoms with Gasteiger partial charge in [0.05, 0.1) is 10.2 Å². The van der Waals surface area contributed by atoms with Gasteiger partial charge in [-0.2, -0.15) is 0 Å². The van der Waals surface area contributed by atoms with Crippen LogP contribution in [0.5, 0.6) is 0 Å². The number of para-hydroxylation sites is 1. The van der Waals surface area contributed by atoms with Crippen LogP contribution in [0, 0.1) is 11.8 Å². The van der Waals surface area contributed by atoms with Gasteiger partial charge >= 0.3 is 0 Å². The SMILES string of the molecule is NC(=O)CC1CCN(C(=O)C2CCN(c3nc4ccccc4s3)CC2)CC1. The fourth-order valence-electron chi connectivity index (χ4n) is 4.21. The van der Waals surface area contributed by atoms with Crippen LogP contribution < -0.4 is 10.6 Å². The van der Waals surface area contributed by atoms with Crippen molar-refractivity contribution < 1.29 is 9.59 Å². The van der Waals surface area contributed by atoms with E-state index in [1.54, 1.807) is 11.3 Å². The van der Waals surface area contributed by atoms with Gasteiger partial charge in [0.15, 0.2) is 5.13 Å². The first kappa shape index (κ1) is 18.2. The summed E-state index contributed by atoms with van der Waals surface area (Å²) in [6.45, 7) is 3.28. The Balaban J connectivity index is 1.30. The third-order valence-electron chi connectivity index (χ3n) is 5.81. The number of hydrogen-bond acceptors (Lipinski definition) is 5. The summed E-state index contributed by atoms with van der Waals surface area (Å²) in [4.78, 5) is 33.0. The standard InChI is InChI=1S/C20H26N4O2S/c21-18(25)13-14-5-9-23(10-6-14)19(26)15-7-11-24(12-8-15)20-22-16-3-1-2-4-17(16)27-20/h1-4,14-15H,5-13H2,(H2,21,25). The second-order valence-electron chi connectivity index (χ2n) is 7.66. The van der Waals surface area contributed by atoms with Gasteiger partial charge in [-0.25, -0.2) is 4.98 Å². The Morgan fingerprint density at radius 3 is 2.44 bits per heavy atom. The third-order valence-corrected chi connectivity index (χ3v) is 6.91. The van der Waals surface area contributed by atoms with Crippen molar-refractivity contribution in [2.45, 2.75) is 32.1 Å². The molecule has 3 heterocycles.